The number of nitrogens with one attached hydrogen (secondary N) is 18. The van der Waals surface area contributed by atoms with Gasteiger partial charge < -0.3 is 94.9 Å². The largest absolute Gasteiger partial charge is 0.360 e. The molecule has 18 N–H and O–H groups in total. The Morgan fingerprint density at radius 1 is 0.307 bits per heavy atom. The molecule has 4 aliphatic rings. The highest BCUT2D eigenvalue weighted by Gasteiger charge is 2.32. The maximum atomic E-state index is 11.6. The lowest BCUT2D eigenvalue weighted by Gasteiger charge is -2.24. The number of aromatic nitrogens is 1. The van der Waals surface area contributed by atoms with E-state index in [1.54, 1.807) is 52.0 Å². The van der Waals surface area contributed by atoms with E-state index in [-0.39, 0.29) is 63.2 Å². The number of benzene rings is 2. The summed E-state index contributed by atoms with van der Waals surface area (Å²) in [4.78, 5) is 205. The van der Waals surface area contributed by atoms with Gasteiger partial charge in [0.25, 0.3) is 0 Å². The first kappa shape index (κ1) is 127. The third-order valence-corrected chi connectivity index (χ3v) is 17.4. The standard InChI is InChI=1S/C13H24N2O2.C13H18N2O2.C12H22N2O2.C12H16N2O2.C11H20N2O2.C10H15N3O3.C10H20N2O2.C9H16N2O2.C9H18N2O2/c2*1-13(2,3)15-12(17)11(16)14-9-10-7-5-4-6-8-10;2*1-12(2,3)14-11(16)10(15)13-9-7-5-4-6-8-9;1-11(2,3)13-10(15)9(14)12-8-6-4-5-7-8;1-6-5-7(13-16-6)11-8(14)9(15)12-10(2,3)4;1-7(2)6-11-8(13)9(14)12-10(3,4)5;1-9(2,3)11-8(13)7(12)10-6-4-5-6;1-6(2)10-7(12)8(13)11-9(3,4)5/h10H,4-9H2,1-3H3,(H,14,16)(H,15,17);4-8H,9H2,1-3H3,(H,14,16)(H,15,17);9H,4-8H2,1-3H3,(H,13,15)(H,14,16);4-8H,1-3H3,(H,13,15)(H,14,16);8H,4-7H2,1-3H3,(H,12,14)(H,13,15);5H,1-4H3,(H,12,15)(H,11,13,14);7H,6H2,1-5H3,(H,11,13)(H,12,14);6H,4-5H2,1-3H3,(H,10,12)(H,11,13);6H,1-5H3,(H,10,12)(H,11,13). The van der Waals surface area contributed by atoms with Gasteiger partial charge in [-0.2, -0.15) is 0 Å². The molecule has 4 saturated carbocycles. The molecule has 1 heterocycles. The maximum absolute atomic E-state index is 11.6. The minimum atomic E-state index is -0.761. The van der Waals surface area contributed by atoms with Gasteiger partial charge in [0, 0.05) is 105 Å². The van der Waals surface area contributed by atoms with Crippen LogP contribution < -0.4 is 95.7 Å². The Balaban J connectivity index is 0. The lowest BCUT2D eigenvalue weighted by Crippen LogP contribution is -2.50. The number of hydrogen-bond donors (Lipinski definition) is 18. The fraction of sp³-hybridized carbons (Fsp3) is 0.667. The van der Waals surface area contributed by atoms with Crippen molar-refractivity contribution in [2.75, 3.05) is 23.7 Å². The van der Waals surface area contributed by atoms with Crippen molar-refractivity contribution in [2.45, 2.75) is 405 Å². The molecule has 0 saturated heterocycles. The summed E-state index contributed by atoms with van der Waals surface area (Å²) in [5.74, 6) is -8.72. The first-order chi connectivity index (χ1) is 62.5. The summed E-state index contributed by atoms with van der Waals surface area (Å²) in [6.07, 6.45) is 17.9. The molecular weight excluding hydrogens is 1760 g/mol. The van der Waals surface area contributed by atoms with Gasteiger partial charge in [-0.15, -0.1) is 0 Å². The lowest BCUT2D eigenvalue weighted by molar-refractivity contribution is -0.140. The third kappa shape index (κ3) is 73.1. The topological polar surface area (TPSA) is 550 Å². The molecule has 18 amide bonds. The number of carbonyl (C=O) groups excluding carboxylic acids is 18. The first-order valence-corrected chi connectivity index (χ1v) is 47.1. The van der Waals surface area contributed by atoms with E-state index < -0.39 is 123 Å². The summed E-state index contributed by atoms with van der Waals surface area (Å²) in [5, 5.41) is 50.4. The van der Waals surface area contributed by atoms with E-state index in [0.29, 0.717) is 42.9 Å². The van der Waals surface area contributed by atoms with Crippen molar-refractivity contribution in [1.29, 1.82) is 0 Å². The minimum absolute atomic E-state index is 0.0155. The molecule has 7 rings (SSSR count). The Morgan fingerprint density at radius 3 is 0.876 bits per heavy atom. The average Bonchev–Trinajstić information content (AvgIpc) is 1.69. The minimum Gasteiger partial charge on any atom is -0.360 e. The van der Waals surface area contributed by atoms with Crippen molar-refractivity contribution in [1.82, 2.24) is 90.2 Å². The van der Waals surface area contributed by atoms with E-state index in [9.17, 15) is 86.3 Å². The van der Waals surface area contributed by atoms with Crippen molar-refractivity contribution in [2.24, 2.45) is 11.8 Å². The Kier molecular flexibility index (Phi) is 56.3. The van der Waals surface area contributed by atoms with E-state index >= 15 is 0 Å². The normalized spacial score (nSPS) is 13.9. The van der Waals surface area contributed by atoms with Crippen LogP contribution in [0, 0.1) is 18.8 Å². The molecule has 0 aliphatic heterocycles. The van der Waals surface area contributed by atoms with Gasteiger partial charge in [0.15, 0.2) is 5.82 Å². The monoisotopic (exact) mass is 1930 g/mol. The molecule has 0 radical (unpaired) electrons. The zero-order valence-corrected chi connectivity index (χ0v) is 88.0. The lowest BCUT2D eigenvalue weighted by atomic mass is 9.89. The second kappa shape index (κ2) is 60.6. The quantitative estimate of drug-likeness (QED) is 0.0753. The maximum Gasteiger partial charge on any atom is 0.314 e. The van der Waals surface area contributed by atoms with Gasteiger partial charge in [-0.3, -0.25) is 91.6 Å². The van der Waals surface area contributed by atoms with Crippen molar-refractivity contribution in [3.8, 4) is 0 Å². The van der Waals surface area contributed by atoms with Gasteiger partial charge in [-0.05, 0) is 289 Å². The number of amides is 18. The highest BCUT2D eigenvalue weighted by Crippen LogP contribution is 2.24. The molecule has 2 aromatic carbocycles. The summed E-state index contributed by atoms with van der Waals surface area (Å²) in [5.41, 5.74) is -1.86. The van der Waals surface area contributed by atoms with Gasteiger partial charge in [0.2, 0.25) is 0 Å². The smallest absolute Gasteiger partial charge is 0.314 e. The van der Waals surface area contributed by atoms with Crippen molar-refractivity contribution < 1.29 is 90.8 Å². The fourth-order valence-corrected chi connectivity index (χ4v) is 11.5. The molecule has 38 heteroatoms. The molecule has 4 fully saturated rings. The molecule has 0 unspecified atom stereocenters. The second-order valence-corrected chi connectivity index (χ2v) is 44.1. The molecular formula is C99H169N19O19. The van der Waals surface area contributed by atoms with Crippen LogP contribution in [0.3, 0.4) is 0 Å². The number of nitrogens with zero attached hydrogens (tertiary/aromatic N) is 1. The molecule has 38 nitrogen and oxygen atoms in total. The predicted molar refractivity (Wildman–Crippen MR) is 532 cm³/mol. The van der Waals surface area contributed by atoms with Crippen molar-refractivity contribution in [3.05, 3.63) is 78.1 Å². The molecule has 0 bridgehead atoms. The summed E-state index contributed by atoms with van der Waals surface area (Å²) < 4.78 is 4.75. The van der Waals surface area contributed by atoms with Crippen LogP contribution in [0.2, 0.25) is 0 Å². The van der Waals surface area contributed by atoms with Gasteiger partial charge >= 0.3 is 106 Å². The number of aryl methyl sites for hydroxylation is 1. The van der Waals surface area contributed by atoms with E-state index in [0.717, 1.165) is 69.8 Å². The van der Waals surface area contributed by atoms with Crippen LogP contribution in [0.25, 0.3) is 0 Å². The Morgan fingerprint density at radius 2 is 0.577 bits per heavy atom. The molecule has 0 spiro atoms. The molecule has 137 heavy (non-hydrogen) atoms. The highest BCUT2D eigenvalue weighted by molar-refractivity contribution is 6.41. The molecule has 4 aliphatic carbocycles. The van der Waals surface area contributed by atoms with Gasteiger partial charge in [0.05, 0.1) is 0 Å². The second-order valence-electron chi connectivity index (χ2n) is 44.1. The molecule has 774 valence electrons. The molecule has 1 aromatic heterocycles. The molecule has 3 aromatic rings. The predicted octanol–water partition coefficient (Wildman–Crippen LogP) is 8.78. The summed E-state index contributed by atoms with van der Waals surface area (Å²) in [6.45, 7) is 60.3. The SMILES string of the molecule is CC(C)(C)NC(=O)C(=O)NC1CC1.CC(C)(C)NC(=O)C(=O)NC1CCCC1.CC(C)(C)NC(=O)C(=O)NC1CCCCC1.CC(C)(C)NC(=O)C(=O)NCC1CCCCC1.CC(C)(C)NC(=O)C(=O)NCc1ccccc1.CC(C)(C)NC(=O)C(=O)Nc1ccccc1.CC(C)CNC(=O)C(=O)NC(C)(C)C.CC(C)NC(=O)C(=O)NC(C)(C)C.Cc1cc(NC(=O)C(=O)NC(C)(C)C)no1. The van der Waals surface area contributed by atoms with Crippen molar-refractivity contribution >= 4 is 118 Å². The van der Waals surface area contributed by atoms with Crippen LogP contribution in [0.15, 0.2) is 71.3 Å². The first-order valence-electron chi connectivity index (χ1n) is 47.1. The fourth-order valence-electron chi connectivity index (χ4n) is 11.5. The van der Waals surface area contributed by atoms with Crippen LogP contribution >= 0.6 is 0 Å². The van der Waals surface area contributed by atoms with E-state index in [2.05, 4.69) is 101 Å². The number of hydrogen-bond acceptors (Lipinski definition) is 20. The Bertz CT molecular complexity index is 4290. The average molecular weight is 1930 g/mol. The van der Waals surface area contributed by atoms with Crippen molar-refractivity contribution in [3.63, 3.8) is 0 Å². The molecule has 0 atom stereocenters. The van der Waals surface area contributed by atoms with Gasteiger partial charge in [-0.1, -0.05) is 119 Å². The zero-order chi connectivity index (χ0) is 106. The summed E-state index contributed by atoms with van der Waals surface area (Å²) in [7, 11) is 0. The van der Waals surface area contributed by atoms with E-state index in [1.807, 2.05) is 230 Å². The van der Waals surface area contributed by atoms with Crippen LogP contribution in [-0.4, -0.2) is 199 Å². The summed E-state index contributed by atoms with van der Waals surface area (Å²) >= 11 is 0. The number of para-hydroxylation sites is 1. The number of rotatable bonds is 12. The number of anilines is 2. The Hall–Kier alpha value is -11.9. The van der Waals surface area contributed by atoms with Crippen LogP contribution in [0.5, 0.6) is 0 Å². The van der Waals surface area contributed by atoms with Gasteiger partial charge in [-0.25, -0.2) is 0 Å². The van der Waals surface area contributed by atoms with E-state index in [1.165, 1.54) is 44.6 Å². The van der Waals surface area contributed by atoms with Gasteiger partial charge in [0.1, 0.15) is 5.76 Å². The van der Waals surface area contributed by atoms with Crippen LogP contribution in [0.1, 0.15) is 329 Å². The third-order valence-electron chi connectivity index (χ3n) is 17.4. The van der Waals surface area contributed by atoms with Crippen LogP contribution in [-0.2, 0) is 92.8 Å². The summed E-state index contributed by atoms with van der Waals surface area (Å²) in [6, 6.07) is 20.5. The zero-order valence-electron chi connectivity index (χ0n) is 88.0. The Labute approximate surface area is 813 Å². The number of carbonyl (C=O) groups is 18. The van der Waals surface area contributed by atoms with E-state index in [4.69, 9.17) is 4.52 Å². The van der Waals surface area contributed by atoms with Crippen LogP contribution in [0.4, 0.5) is 11.5 Å². The highest BCUT2D eigenvalue weighted by atomic mass is 16.5.